The number of nitrogen functional groups attached to an aromatic ring is 1. The number of benzene rings is 2. The lowest BCUT2D eigenvalue weighted by atomic mass is 9.98. The summed E-state index contributed by atoms with van der Waals surface area (Å²) in [5.74, 6) is 0.532. The smallest absolute Gasteiger partial charge is 0.417 e. The van der Waals surface area contributed by atoms with E-state index in [1.807, 2.05) is 20.8 Å². The summed E-state index contributed by atoms with van der Waals surface area (Å²) in [6.45, 7) is 6.47. The Bertz CT molecular complexity index is 964. The van der Waals surface area contributed by atoms with E-state index < -0.39 is 17.3 Å². The van der Waals surface area contributed by atoms with E-state index >= 15 is 0 Å². The van der Waals surface area contributed by atoms with Gasteiger partial charge in [0.05, 0.1) is 10.6 Å². The molecule has 1 saturated heterocycles. The van der Waals surface area contributed by atoms with Gasteiger partial charge in [-0.1, -0.05) is 23.7 Å². The monoisotopic (exact) mass is 470 g/mol. The van der Waals surface area contributed by atoms with Crippen LogP contribution in [0.2, 0.25) is 5.02 Å². The minimum absolute atomic E-state index is 0.0521. The highest BCUT2D eigenvalue weighted by Crippen LogP contribution is 2.42. The van der Waals surface area contributed by atoms with Crippen LogP contribution in [0.15, 0.2) is 36.4 Å². The first-order valence-electron chi connectivity index (χ1n) is 10.2. The van der Waals surface area contributed by atoms with Crippen molar-refractivity contribution in [3.05, 3.63) is 47.0 Å². The van der Waals surface area contributed by atoms with Gasteiger partial charge >= 0.3 is 12.3 Å². The molecule has 0 aliphatic carbocycles. The van der Waals surface area contributed by atoms with Gasteiger partial charge in [0, 0.05) is 37.2 Å². The van der Waals surface area contributed by atoms with Crippen molar-refractivity contribution >= 4 is 23.4 Å². The molecule has 0 radical (unpaired) electrons. The van der Waals surface area contributed by atoms with Crippen molar-refractivity contribution in [2.45, 2.75) is 51.5 Å². The van der Waals surface area contributed by atoms with E-state index in [1.54, 1.807) is 17.0 Å². The number of nitrogens with two attached hydrogens (primary N) is 1. The van der Waals surface area contributed by atoms with E-state index in [-0.39, 0.29) is 28.5 Å². The predicted molar refractivity (Wildman–Crippen MR) is 118 cm³/mol. The first kappa shape index (κ1) is 24.0. The maximum absolute atomic E-state index is 13.5. The number of likely N-dealkylation sites (tertiary alicyclic amines) is 1. The fourth-order valence-electron chi connectivity index (χ4n) is 3.52. The predicted octanol–water partition coefficient (Wildman–Crippen LogP) is 6.39. The molecule has 1 fully saturated rings. The van der Waals surface area contributed by atoms with Gasteiger partial charge in [0.1, 0.15) is 17.5 Å². The maximum Gasteiger partial charge on any atom is 0.417 e. The molecule has 3 rings (SSSR count). The summed E-state index contributed by atoms with van der Waals surface area (Å²) >= 11 is 6.10. The maximum atomic E-state index is 13.5. The SMILES string of the molecule is CC(C)(C)OC(=O)N1CCC(Oc2ccc(-c3c(Cl)cc(N)cc3C(F)(F)F)cc2)CC1. The Morgan fingerprint density at radius 1 is 1.09 bits per heavy atom. The molecule has 2 aromatic carbocycles. The van der Waals surface area contributed by atoms with E-state index in [0.717, 1.165) is 6.07 Å². The molecule has 174 valence electrons. The Labute approximate surface area is 190 Å². The van der Waals surface area contributed by atoms with Gasteiger partial charge < -0.3 is 20.1 Å². The van der Waals surface area contributed by atoms with Gasteiger partial charge in [-0.25, -0.2) is 4.79 Å². The number of carbonyl (C=O) groups is 1. The second-order valence-corrected chi connectivity index (χ2v) is 9.14. The van der Waals surface area contributed by atoms with Crippen molar-refractivity contribution in [3.8, 4) is 16.9 Å². The fraction of sp³-hybridized carbons (Fsp3) is 0.435. The summed E-state index contributed by atoms with van der Waals surface area (Å²) in [6, 6.07) is 8.49. The van der Waals surface area contributed by atoms with Crippen molar-refractivity contribution in [1.82, 2.24) is 4.90 Å². The number of nitrogens with zero attached hydrogens (tertiary/aromatic N) is 1. The topological polar surface area (TPSA) is 64.8 Å². The number of anilines is 1. The fourth-order valence-corrected chi connectivity index (χ4v) is 3.86. The molecule has 0 bridgehead atoms. The Kier molecular flexibility index (Phi) is 6.83. The van der Waals surface area contributed by atoms with Crippen LogP contribution in [0.25, 0.3) is 11.1 Å². The summed E-state index contributed by atoms with van der Waals surface area (Å²) in [5.41, 5.74) is 4.26. The second-order valence-electron chi connectivity index (χ2n) is 8.73. The number of carbonyl (C=O) groups excluding carboxylic acids is 1. The van der Waals surface area contributed by atoms with Crippen molar-refractivity contribution in [2.24, 2.45) is 0 Å². The summed E-state index contributed by atoms with van der Waals surface area (Å²) in [6.07, 6.45) is -3.79. The van der Waals surface area contributed by atoms with Crippen LogP contribution < -0.4 is 10.5 Å². The molecular weight excluding hydrogens is 445 g/mol. The summed E-state index contributed by atoms with van der Waals surface area (Å²) < 4.78 is 51.8. The number of amides is 1. The van der Waals surface area contributed by atoms with E-state index in [9.17, 15) is 18.0 Å². The average Bonchev–Trinajstić information content (AvgIpc) is 2.67. The second kappa shape index (κ2) is 9.10. The molecular formula is C23H26ClF3N2O3. The van der Waals surface area contributed by atoms with Crippen LogP contribution >= 0.6 is 11.6 Å². The van der Waals surface area contributed by atoms with Crippen LogP contribution in [0.4, 0.5) is 23.7 Å². The van der Waals surface area contributed by atoms with Gasteiger partial charge in [0.15, 0.2) is 0 Å². The Hall–Kier alpha value is -2.61. The standard InChI is InChI=1S/C23H26ClF3N2O3/c1-22(2,3)32-21(30)29-10-8-17(9-11-29)31-16-6-4-14(5-7-16)20-18(23(25,26)27)12-15(28)13-19(20)24/h4-7,12-13,17H,8-11,28H2,1-3H3. The quantitative estimate of drug-likeness (QED) is 0.528. The van der Waals surface area contributed by atoms with Crippen LogP contribution in [0.5, 0.6) is 5.75 Å². The van der Waals surface area contributed by atoms with Gasteiger partial charge in [0.2, 0.25) is 0 Å². The molecule has 2 aromatic rings. The zero-order chi connectivity index (χ0) is 23.7. The Morgan fingerprint density at radius 3 is 2.22 bits per heavy atom. The molecule has 1 aliphatic heterocycles. The number of hydrogen-bond acceptors (Lipinski definition) is 4. The van der Waals surface area contributed by atoms with Crippen LogP contribution in [-0.2, 0) is 10.9 Å². The highest BCUT2D eigenvalue weighted by molar-refractivity contribution is 6.33. The van der Waals surface area contributed by atoms with E-state index in [0.29, 0.717) is 37.2 Å². The highest BCUT2D eigenvalue weighted by Gasteiger charge is 2.35. The minimum atomic E-state index is -4.59. The zero-order valence-electron chi connectivity index (χ0n) is 18.1. The largest absolute Gasteiger partial charge is 0.490 e. The van der Waals surface area contributed by atoms with Crippen molar-refractivity contribution in [3.63, 3.8) is 0 Å². The first-order chi connectivity index (χ1) is 14.8. The lowest BCUT2D eigenvalue weighted by Crippen LogP contribution is -2.44. The molecule has 2 N–H and O–H groups in total. The zero-order valence-corrected chi connectivity index (χ0v) is 18.9. The van der Waals surface area contributed by atoms with Crippen molar-refractivity contribution < 1.29 is 27.4 Å². The Morgan fingerprint density at radius 2 is 1.69 bits per heavy atom. The van der Waals surface area contributed by atoms with E-state index in [4.69, 9.17) is 26.8 Å². The van der Waals surface area contributed by atoms with Gasteiger partial charge in [-0.2, -0.15) is 13.2 Å². The lowest BCUT2D eigenvalue weighted by Gasteiger charge is -2.33. The number of hydrogen-bond donors (Lipinski definition) is 1. The normalized spacial score (nSPS) is 15.5. The van der Waals surface area contributed by atoms with Gasteiger partial charge in [-0.3, -0.25) is 0 Å². The minimum Gasteiger partial charge on any atom is -0.490 e. The number of ether oxygens (including phenoxy) is 2. The summed E-state index contributed by atoms with van der Waals surface area (Å²) in [4.78, 5) is 13.8. The number of rotatable bonds is 3. The molecule has 9 heteroatoms. The molecule has 1 amide bonds. The van der Waals surface area contributed by atoms with Crippen LogP contribution in [0.1, 0.15) is 39.2 Å². The molecule has 0 spiro atoms. The van der Waals surface area contributed by atoms with Gasteiger partial charge in [-0.15, -0.1) is 0 Å². The molecule has 1 aliphatic rings. The number of alkyl halides is 3. The third-order valence-electron chi connectivity index (χ3n) is 4.96. The van der Waals surface area contributed by atoms with Gasteiger partial charge in [0.25, 0.3) is 0 Å². The number of piperidine rings is 1. The number of halogens is 4. The summed E-state index contributed by atoms with van der Waals surface area (Å²) in [7, 11) is 0. The lowest BCUT2D eigenvalue weighted by molar-refractivity contribution is -0.137. The van der Waals surface area contributed by atoms with Crippen molar-refractivity contribution in [1.29, 1.82) is 0 Å². The van der Waals surface area contributed by atoms with Crippen molar-refractivity contribution in [2.75, 3.05) is 18.8 Å². The molecule has 0 saturated carbocycles. The molecule has 0 unspecified atom stereocenters. The van der Waals surface area contributed by atoms with Crippen LogP contribution in [0.3, 0.4) is 0 Å². The average molecular weight is 471 g/mol. The Balaban J connectivity index is 1.67. The highest BCUT2D eigenvalue weighted by atomic mass is 35.5. The molecule has 5 nitrogen and oxygen atoms in total. The van der Waals surface area contributed by atoms with Crippen LogP contribution in [0, 0.1) is 0 Å². The molecule has 32 heavy (non-hydrogen) atoms. The van der Waals surface area contributed by atoms with E-state index in [2.05, 4.69) is 0 Å². The summed E-state index contributed by atoms with van der Waals surface area (Å²) in [5, 5.41) is -0.0690. The third kappa shape index (κ3) is 6.00. The first-order valence-corrected chi connectivity index (χ1v) is 10.6. The van der Waals surface area contributed by atoms with Crippen LogP contribution in [-0.4, -0.2) is 35.8 Å². The molecule has 0 aromatic heterocycles. The molecule has 1 heterocycles. The third-order valence-corrected chi connectivity index (χ3v) is 5.26. The van der Waals surface area contributed by atoms with E-state index in [1.165, 1.54) is 18.2 Å². The van der Waals surface area contributed by atoms with Gasteiger partial charge in [-0.05, 0) is 50.6 Å². The molecule has 0 atom stereocenters.